The van der Waals surface area contributed by atoms with Gasteiger partial charge in [0.15, 0.2) is 5.78 Å². The summed E-state index contributed by atoms with van der Waals surface area (Å²) in [7, 11) is -4.43. The van der Waals surface area contributed by atoms with Crippen molar-refractivity contribution in [2.45, 2.75) is 11.8 Å². The van der Waals surface area contributed by atoms with Crippen LogP contribution >= 0.6 is 11.6 Å². The average molecular weight is 379 g/mol. The van der Waals surface area contributed by atoms with Gasteiger partial charge in [-0.3, -0.25) is 9.59 Å². The van der Waals surface area contributed by atoms with Crippen LogP contribution in [0, 0.1) is 0 Å². The number of ketones is 1. The van der Waals surface area contributed by atoms with E-state index < -0.39 is 21.3 Å². The van der Waals surface area contributed by atoms with Crippen LogP contribution in [0.3, 0.4) is 0 Å². The highest BCUT2D eigenvalue weighted by molar-refractivity contribution is 7.90. The molecular weight excluding hydrogens is 368 g/mol. The standard InChI is InChI=1S/C16H11ClN2O5S/c1-9(20)10-2-5-12(6-3-10)25(23,24)19-15(21)13-7-4-11(17)8-14(13)18-16(19)22/h2-8H,1H3,(H,18,22). The molecule has 0 aliphatic carbocycles. The number of fused-ring (bicyclic) bond motifs is 1. The minimum Gasteiger partial charge on any atom is -0.306 e. The van der Waals surface area contributed by atoms with E-state index in [1.165, 1.54) is 49.4 Å². The van der Waals surface area contributed by atoms with Crippen LogP contribution in [-0.2, 0) is 10.0 Å². The molecule has 3 rings (SSSR count). The lowest BCUT2D eigenvalue weighted by atomic mass is 10.2. The third kappa shape index (κ3) is 2.90. The maximum Gasteiger partial charge on any atom is 0.343 e. The minimum atomic E-state index is -4.43. The quantitative estimate of drug-likeness (QED) is 0.699. The van der Waals surface area contributed by atoms with Crippen LogP contribution in [-0.4, -0.2) is 23.2 Å². The minimum absolute atomic E-state index is 0.00734. The van der Waals surface area contributed by atoms with Crippen molar-refractivity contribution in [2.75, 3.05) is 0 Å². The van der Waals surface area contributed by atoms with Gasteiger partial charge in [0.25, 0.3) is 15.6 Å². The molecule has 0 bridgehead atoms. The molecule has 3 aromatic rings. The van der Waals surface area contributed by atoms with Crippen LogP contribution in [0.1, 0.15) is 17.3 Å². The molecule has 1 heterocycles. The Hall–Kier alpha value is -2.71. The van der Waals surface area contributed by atoms with E-state index in [4.69, 9.17) is 11.6 Å². The molecule has 1 aromatic heterocycles. The molecule has 9 heteroatoms. The number of carbonyl (C=O) groups excluding carboxylic acids is 1. The molecule has 0 spiro atoms. The van der Waals surface area contributed by atoms with Crippen molar-refractivity contribution in [1.29, 1.82) is 0 Å². The Balaban J connectivity index is 2.27. The number of hydrogen-bond acceptors (Lipinski definition) is 5. The summed E-state index contributed by atoms with van der Waals surface area (Å²) in [5.41, 5.74) is -1.63. The number of benzene rings is 2. The predicted octanol–water partition coefficient (Wildman–Crippen LogP) is 1.78. The second-order valence-corrected chi connectivity index (χ2v) is 7.50. The molecule has 128 valence electrons. The van der Waals surface area contributed by atoms with E-state index in [0.29, 0.717) is 10.6 Å². The summed E-state index contributed by atoms with van der Waals surface area (Å²) in [6.45, 7) is 1.34. The second-order valence-electron chi connectivity index (χ2n) is 5.28. The van der Waals surface area contributed by atoms with Crippen molar-refractivity contribution in [3.05, 3.63) is 73.9 Å². The van der Waals surface area contributed by atoms with Gasteiger partial charge < -0.3 is 4.98 Å². The molecule has 0 saturated carbocycles. The monoisotopic (exact) mass is 378 g/mol. The highest BCUT2D eigenvalue weighted by Gasteiger charge is 2.23. The van der Waals surface area contributed by atoms with E-state index in [-0.39, 0.29) is 25.6 Å². The number of nitrogens with one attached hydrogen (secondary N) is 1. The molecule has 0 aliphatic heterocycles. The summed E-state index contributed by atoms with van der Waals surface area (Å²) in [6, 6.07) is 9.08. The fourth-order valence-corrected chi connectivity index (χ4v) is 3.80. The highest BCUT2D eigenvalue weighted by Crippen LogP contribution is 2.16. The van der Waals surface area contributed by atoms with E-state index in [2.05, 4.69) is 4.98 Å². The maximum atomic E-state index is 12.7. The molecule has 1 N–H and O–H groups in total. The molecular formula is C16H11ClN2O5S. The van der Waals surface area contributed by atoms with Gasteiger partial charge >= 0.3 is 5.69 Å². The number of rotatable bonds is 3. The lowest BCUT2D eigenvalue weighted by Crippen LogP contribution is -2.39. The van der Waals surface area contributed by atoms with Gasteiger partial charge in [0.05, 0.1) is 15.8 Å². The molecule has 7 nitrogen and oxygen atoms in total. The molecule has 0 atom stereocenters. The van der Waals surface area contributed by atoms with Crippen molar-refractivity contribution in [2.24, 2.45) is 0 Å². The molecule has 0 radical (unpaired) electrons. The number of hydrogen-bond donors (Lipinski definition) is 1. The van der Waals surface area contributed by atoms with E-state index >= 15 is 0 Å². The first kappa shape index (κ1) is 17.1. The zero-order valence-corrected chi connectivity index (χ0v) is 14.4. The fourth-order valence-electron chi connectivity index (χ4n) is 2.36. The molecule has 2 aromatic carbocycles. The Morgan fingerprint density at radius 1 is 1.08 bits per heavy atom. The Kier molecular flexibility index (Phi) is 4.09. The molecule has 0 unspecified atom stereocenters. The van der Waals surface area contributed by atoms with Crippen LogP contribution < -0.4 is 11.2 Å². The van der Waals surface area contributed by atoms with Gasteiger partial charge in [-0.2, -0.15) is 0 Å². The van der Waals surface area contributed by atoms with Gasteiger partial charge in [-0.25, -0.2) is 13.2 Å². The van der Waals surface area contributed by atoms with Crippen molar-refractivity contribution >= 4 is 38.3 Å². The molecule has 0 fully saturated rings. The lowest BCUT2D eigenvalue weighted by Gasteiger charge is -2.08. The first-order valence-electron chi connectivity index (χ1n) is 7.03. The van der Waals surface area contributed by atoms with Crippen LogP contribution in [0.2, 0.25) is 5.02 Å². The topological polar surface area (TPSA) is 106 Å². The fraction of sp³-hybridized carbons (Fsp3) is 0.0625. The summed E-state index contributed by atoms with van der Waals surface area (Å²) in [5.74, 6) is -0.235. The average Bonchev–Trinajstić information content (AvgIpc) is 2.54. The largest absolute Gasteiger partial charge is 0.343 e. The van der Waals surface area contributed by atoms with Crippen molar-refractivity contribution in [1.82, 2.24) is 8.96 Å². The number of halogens is 1. The zero-order valence-electron chi connectivity index (χ0n) is 12.8. The van der Waals surface area contributed by atoms with E-state index in [9.17, 15) is 22.8 Å². The Labute approximate surface area is 146 Å². The number of Topliss-reactive ketones (excluding diaryl/α,β-unsaturated/α-hetero) is 1. The highest BCUT2D eigenvalue weighted by atomic mass is 35.5. The van der Waals surface area contributed by atoms with E-state index in [1.54, 1.807) is 0 Å². The summed E-state index contributed by atoms with van der Waals surface area (Å²) in [6.07, 6.45) is 0. The number of carbonyl (C=O) groups is 1. The van der Waals surface area contributed by atoms with Crippen molar-refractivity contribution < 1.29 is 13.2 Å². The van der Waals surface area contributed by atoms with Gasteiger partial charge in [-0.1, -0.05) is 23.7 Å². The lowest BCUT2D eigenvalue weighted by molar-refractivity contribution is 0.101. The summed E-state index contributed by atoms with van der Waals surface area (Å²) in [4.78, 5) is 38.1. The summed E-state index contributed by atoms with van der Waals surface area (Å²) in [5, 5.41) is 0.302. The molecule has 0 aliphatic rings. The second kappa shape index (κ2) is 5.98. The van der Waals surface area contributed by atoms with Crippen molar-refractivity contribution in [3.63, 3.8) is 0 Å². The van der Waals surface area contributed by atoms with Gasteiger partial charge in [-0.05, 0) is 37.3 Å². The zero-order chi connectivity index (χ0) is 18.4. The Bertz CT molecular complexity index is 1220. The number of nitrogens with zero attached hydrogens (tertiary/aromatic N) is 1. The van der Waals surface area contributed by atoms with Gasteiger partial charge in [0, 0.05) is 10.6 Å². The van der Waals surface area contributed by atoms with Gasteiger partial charge in [0.1, 0.15) is 0 Å². The SMILES string of the molecule is CC(=O)c1ccc(S(=O)(=O)n2c(=O)[nH]c3cc(Cl)ccc3c2=O)cc1. The predicted molar refractivity (Wildman–Crippen MR) is 92.9 cm³/mol. The van der Waals surface area contributed by atoms with E-state index in [1.807, 2.05) is 0 Å². The first-order chi connectivity index (χ1) is 11.7. The van der Waals surface area contributed by atoms with Gasteiger partial charge in [0.2, 0.25) is 0 Å². The molecule has 0 saturated heterocycles. The van der Waals surface area contributed by atoms with E-state index in [0.717, 1.165) is 0 Å². The third-order valence-electron chi connectivity index (χ3n) is 3.62. The Morgan fingerprint density at radius 3 is 2.32 bits per heavy atom. The van der Waals surface area contributed by atoms with Crippen LogP contribution in [0.15, 0.2) is 56.9 Å². The van der Waals surface area contributed by atoms with Gasteiger partial charge in [-0.15, -0.1) is 3.97 Å². The third-order valence-corrected chi connectivity index (χ3v) is 5.54. The van der Waals surface area contributed by atoms with Crippen LogP contribution in [0.25, 0.3) is 10.9 Å². The van der Waals surface area contributed by atoms with Crippen molar-refractivity contribution in [3.8, 4) is 0 Å². The Morgan fingerprint density at radius 2 is 1.72 bits per heavy atom. The normalized spacial score (nSPS) is 11.6. The molecule has 25 heavy (non-hydrogen) atoms. The maximum absolute atomic E-state index is 12.7. The summed E-state index contributed by atoms with van der Waals surface area (Å²) < 4.78 is 25.6. The number of aromatic nitrogens is 2. The molecule has 0 amide bonds. The summed E-state index contributed by atoms with van der Waals surface area (Å²) >= 11 is 5.81. The number of aromatic amines is 1. The smallest absolute Gasteiger partial charge is 0.306 e. The van der Waals surface area contributed by atoms with Crippen LogP contribution in [0.4, 0.5) is 0 Å². The first-order valence-corrected chi connectivity index (χ1v) is 8.85. The van der Waals surface area contributed by atoms with Crippen LogP contribution in [0.5, 0.6) is 0 Å². The number of H-pyrrole nitrogens is 1.